The predicted octanol–water partition coefficient (Wildman–Crippen LogP) is 4.61. The minimum Gasteiger partial charge on any atom is -0.478 e. The Labute approximate surface area is 165 Å². The molecule has 0 saturated carbocycles. The number of thioether (sulfide) groups is 1. The van der Waals surface area contributed by atoms with Gasteiger partial charge in [-0.25, -0.2) is 4.79 Å². The van der Waals surface area contributed by atoms with Gasteiger partial charge in [0, 0.05) is 29.8 Å². The molecular formula is C19H17ClN2O4S. The molecule has 1 N–H and O–H groups in total. The number of likely N-dealkylation sites (N-methyl/N-ethyl adjacent to an activating group) is 1. The van der Waals surface area contributed by atoms with Crippen molar-refractivity contribution in [1.29, 1.82) is 0 Å². The maximum atomic E-state index is 12.5. The maximum absolute atomic E-state index is 12.5. The van der Waals surface area contributed by atoms with Gasteiger partial charge in [0.25, 0.3) is 5.91 Å². The van der Waals surface area contributed by atoms with Gasteiger partial charge in [0.05, 0.1) is 10.5 Å². The highest BCUT2D eigenvalue weighted by Gasteiger charge is 2.32. The summed E-state index contributed by atoms with van der Waals surface area (Å²) >= 11 is 7.30. The Hall–Kier alpha value is -2.51. The van der Waals surface area contributed by atoms with Gasteiger partial charge >= 0.3 is 5.97 Å². The van der Waals surface area contributed by atoms with E-state index in [2.05, 4.69) is 4.99 Å². The van der Waals surface area contributed by atoms with Crippen LogP contribution in [0.5, 0.6) is 0 Å². The topological polar surface area (TPSA) is 83.1 Å². The second kappa shape index (κ2) is 8.02. The van der Waals surface area contributed by atoms with E-state index < -0.39 is 5.97 Å². The number of hydrogen-bond acceptors (Lipinski definition) is 5. The number of rotatable bonds is 5. The number of amidine groups is 1. The van der Waals surface area contributed by atoms with E-state index in [0.717, 1.165) is 0 Å². The number of hydrogen-bond donors (Lipinski definition) is 1. The van der Waals surface area contributed by atoms with E-state index in [9.17, 15) is 14.7 Å². The monoisotopic (exact) mass is 404 g/mol. The van der Waals surface area contributed by atoms with Gasteiger partial charge in [-0.2, -0.15) is 0 Å². The molecule has 1 aliphatic rings. The molecule has 0 unspecified atom stereocenters. The van der Waals surface area contributed by atoms with Gasteiger partial charge in [-0.15, -0.1) is 0 Å². The highest BCUT2D eigenvalue weighted by molar-refractivity contribution is 8.18. The van der Waals surface area contributed by atoms with E-state index in [-0.39, 0.29) is 11.5 Å². The molecule has 0 atom stereocenters. The van der Waals surface area contributed by atoms with E-state index in [1.54, 1.807) is 29.2 Å². The van der Waals surface area contributed by atoms with Gasteiger partial charge in [0.15, 0.2) is 5.17 Å². The number of carbonyl (C=O) groups excluding carboxylic acids is 1. The zero-order chi connectivity index (χ0) is 19.6. The Balaban J connectivity index is 1.95. The molecule has 6 nitrogen and oxygen atoms in total. The van der Waals surface area contributed by atoms with Crippen molar-refractivity contribution >= 4 is 46.5 Å². The molecule has 140 valence electrons. The SMILES string of the molecule is CCN=C1S/C(=C/c2ccc(-c3cc(Cl)ccc3C(=O)O)o2)C(=O)N1CC. The van der Waals surface area contributed by atoms with Crippen LogP contribution in [0.25, 0.3) is 17.4 Å². The summed E-state index contributed by atoms with van der Waals surface area (Å²) in [4.78, 5) is 30.4. The molecule has 1 amide bonds. The van der Waals surface area contributed by atoms with Gasteiger partial charge < -0.3 is 9.52 Å². The van der Waals surface area contributed by atoms with Gasteiger partial charge in [-0.1, -0.05) is 11.6 Å². The summed E-state index contributed by atoms with van der Waals surface area (Å²) in [6, 6.07) is 7.84. The van der Waals surface area contributed by atoms with Crippen LogP contribution in [-0.2, 0) is 4.79 Å². The number of nitrogens with zero attached hydrogens (tertiary/aromatic N) is 2. The molecule has 27 heavy (non-hydrogen) atoms. The van der Waals surface area contributed by atoms with Crippen LogP contribution in [0.3, 0.4) is 0 Å². The maximum Gasteiger partial charge on any atom is 0.336 e. The molecule has 1 aliphatic heterocycles. The number of carbonyl (C=O) groups is 2. The minimum absolute atomic E-state index is 0.0915. The summed E-state index contributed by atoms with van der Waals surface area (Å²) in [5, 5.41) is 10.4. The summed E-state index contributed by atoms with van der Waals surface area (Å²) in [5.74, 6) is -0.377. The van der Waals surface area contributed by atoms with Crippen LogP contribution in [0, 0.1) is 0 Å². The Kier molecular flexibility index (Phi) is 5.72. The summed E-state index contributed by atoms with van der Waals surface area (Å²) in [6.45, 7) is 4.94. The first kappa shape index (κ1) is 19.3. The zero-order valence-electron chi connectivity index (χ0n) is 14.7. The van der Waals surface area contributed by atoms with Crippen molar-refractivity contribution in [2.24, 2.45) is 4.99 Å². The number of benzene rings is 1. The van der Waals surface area contributed by atoms with Crippen molar-refractivity contribution in [2.45, 2.75) is 13.8 Å². The fraction of sp³-hybridized carbons (Fsp3) is 0.211. The van der Waals surface area contributed by atoms with Crippen molar-refractivity contribution in [1.82, 2.24) is 4.90 Å². The van der Waals surface area contributed by atoms with Gasteiger partial charge in [0.1, 0.15) is 11.5 Å². The molecule has 1 aromatic carbocycles. The standard InChI is InChI=1S/C19H17ClN2O4S/c1-3-21-19-22(4-2)17(23)16(27-19)10-12-6-8-15(26-12)14-9-11(20)5-7-13(14)18(24)25/h5-10H,3-4H2,1-2H3,(H,24,25)/b16-10+,21-19?. The van der Waals surface area contributed by atoms with Crippen LogP contribution in [0.2, 0.25) is 5.02 Å². The molecule has 1 saturated heterocycles. The van der Waals surface area contributed by atoms with Crippen molar-refractivity contribution in [3.05, 3.63) is 51.6 Å². The quantitative estimate of drug-likeness (QED) is 0.735. The van der Waals surface area contributed by atoms with Crippen LogP contribution in [0.4, 0.5) is 0 Å². The molecular weight excluding hydrogens is 388 g/mol. The minimum atomic E-state index is -1.07. The number of halogens is 1. The molecule has 0 bridgehead atoms. The van der Waals surface area contributed by atoms with Crippen LogP contribution in [-0.4, -0.2) is 40.1 Å². The van der Waals surface area contributed by atoms with Crippen LogP contribution < -0.4 is 0 Å². The van der Waals surface area contributed by atoms with Crippen LogP contribution >= 0.6 is 23.4 Å². The highest BCUT2D eigenvalue weighted by atomic mass is 35.5. The highest BCUT2D eigenvalue weighted by Crippen LogP contribution is 2.34. The first-order chi connectivity index (χ1) is 12.9. The van der Waals surface area contributed by atoms with E-state index in [0.29, 0.717) is 45.3 Å². The summed E-state index contributed by atoms with van der Waals surface area (Å²) < 4.78 is 5.77. The lowest BCUT2D eigenvalue weighted by atomic mass is 10.1. The Morgan fingerprint density at radius 2 is 2.11 bits per heavy atom. The van der Waals surface area contributed by atoms with E-state index in [4.69, 9.17) is 16.0 Å². The lowest BCUT2D eigenvalue weighted by molar-refractivity contribution is -0.122. The normalized spacial score (nSPS) is 17.3. The average molecular weight is 405 g/mol. The van der Waals surface area contributed by atoms with Crippen molar-refractivity contribution < 1.29 is 19.1 Å². The average Bonchev–Trinajstić information content (AvgIpc) is 3.20. The first-order valence-corrected chi connectivity index (χ1v) is 9.53. The Morgan fingerprint density at radius 1 is 1.33 bits per heavy atom. The Morgan fingerprint density at radius 3 is 2.78 bits per heavy atom. The molecule has 1 fully saturated rings. The molecule has 0 radical (unpaired) electrons. The summed E-state index contributed by atoms with van der Waals surface area (Å²) in [7, 11) is 0. The number of amides is 1. The number of carboxylic acid groups (broad SMARTS) is 1. The van der Waals surface area contributed by atoms with Gasteiger partial charge in [-0.3, -0.25) is 14.7 Å². The second-order valence-electron chi connectivity index (χ2n) is 5.61. The molecule has 0 spiro atoms. The molecule has 8 heteroatoms. The largest absolute Gasteiger partial charge is 0.478 e. The first-order valence-electron chi connectivity index (χ1n) is 8.33. The smallest absolute Gasteiger partial charge is 0.336 e. The second-order valence-corrected chi connectivity index (χ2v) is 7.06. The third-order valence-electron chi connectivity index (χ3n) is 3.88. The van der Waals surface area contributed by atoms with Crippen molar-refractivity contribution in [3.8, 4) is 11.3 Å². The number of carboxylic acids is 1. The predicted molar refractivity (Wildman–Crippen MR) is 107 cm³/mol. The van der Waals surface area contributed by atoms with Crippen LogP contribution in [0.15, 0.2) is 44.6 Å². The van der Waals surface area contributed by atoms with Crippen molar-refractivity contribution in [2.75, 3.05) is 13.1 Å². The number of aromatic carboxylic acids is 1. The van der Waals surface area contributed by atoms with Crippen LogP contribution in [0.1, 0.15) is 30.0 Å². The molecule has 0 aliphatic carbocycles. The third kappa shape index (κ3) is 3.94. The van der Waals surface area contributed by atoms with E-state index in [1.807, 2.05) is 13.8 Å². The van der Waals surface area contributed by atoms with Gasteiger partial charge in [0.2, 0.25) is 0 Å². The third-order valence-corrected chi connectivity index (χ3v) is 5.15. The molecule has 2 aromatic rings. The lowest BCUT2D eigenvalue weighted by Gasteiger charge is -2.11. The molecule has 3 rings (SSSR count). The van der Waals surface area contributed by atoms with Crippen molar-refractivity contribution in [3.63, 3.8) is 0 Å². The fourth-order valence-electron chi connectivity index (χ4n) is 2.65. The number of furan rings is 1. The Bertz CT molecular complexity index is 964. The number of aliphatic imine (C=N–C) groups is 1. The lowest BCUT2D eigenvalue weighted by Crippen LogP contribution is -2.28. The molecule has 2 heterocycles. The van der Waals surface area contributed by atoms with E-state index >= 15 is 0 Å². The summed E-state index contributed by atoms with van der Waals surface area (Å²) in [5.41, 5.74) is 0.474. The zero-order valence-corrected chi connectivity index (χ0v) is 16.3. The summed E-state index contributed by atoms with van der Waals surface area (Å²) in [6.07, 6.45) is 1.64. The van der Waals surface area contributed by atoms with Gasteiger partial charge in [-0.05, 0) is 55.9 Å². The molecule has 1 aromatic heterocycles. The fourth-order valence-corrected chi connectivity index (χ4v) is 3.91. The van der Waals surface area contributed by atoms with E-state index in [1.165, 1.54) is 23.9 Å².